The summed E-state index contributed by atoms with van der Waals surface area (Å²) in [5.74, 6) is 0. The molecular formula is C25H20. The van der Waals surface area contributed by atoms with Crippen LogP contribution in [0.5, 0.6) is 0 Å². The van der Waals surface area contributed by atoms with Gasteiger partial charge in [-0.05, 0) is 82.5 Å². The van der Waals surface area contributed by atoms with Gasteiger partial charge in [0.25, 0.3) is 0 Å². The van der Waals surface area contributed by atoms with Gasteiger partial charge in [0.15, 0.2) is 0 Å². The Morgan fingerprint density at radius 3 is 1.92 bits per heavy atom. The third-order valence-corrected chi connectivity index (χ3v) is 5.46. The third-order valence-electron chi connectivity index (χ3n) is 5.46. The molecule has 120 valence electrons. The van der Waals surface area contributed by atoms with Crippen molar-refractivity contribution in [2.45, 2.75) is 20.8 Å². The van der Waals surface area contributed by atoms with E-state index in [1.54, 1.807) is 0 Å². The average molecular weight is 320 g/mol. The Kier molecular flexibility index (Phi) is 2.93. The maximum Gasteiger partial charge on any atom is -0.00139 e. The van der Waals surface area contributed by atoms with Crippen LogP contribution in [0.15, 0.2) is 60.7 Å². The van der Waals surface area contributed by atoms with Crippen molar-refractivity contribution in [1.82, 2.24) is 0 Å². The van der Waals surface area contributed by atoms with Crippen LogP contribution in [-0.2, 0) is 0 Å². The van der Waals surface area contributed by atoms with E-state index in [9.17, 15) is 0 Å². The van der Waals surface area contributed by atoms with E-state index in [0.717, 1.165) is 0 Å². The second kappa shape index (κ2) is 5.07. The third kappa shape index (κ3) is 1.94. The molecule has 0 aliphatic heterocycles. The van der Waals surface area contributed by atoms with Gasteiger partial charge < -0.3 is 0 Å². The SMILES string of the molecule is Cc1cc(C)c(C2=C3C(=Cc4ccccc43)c3ccccc32)c(C)c1. The molecule has 3 aromatic rings. The largest absolute Gasteiger partial charge is 0.0616 e. The lowest BCUT2D eigenvalue weighted by atomic mass is 9.88. The molecule has 25 heavy (non-hydrogen) atoms. The van der Waals surface area contributed by atoms with Crippen LogP contribution in [0.4, 0.5) is 0 Å². The zero-order valence-electron chi connectivity index (χ0n) is 14.9. The standard InChI is InChI=1S/C25H20/c1-15-12-16(2)23(17(3)13-15)25-21-11-7-6-10-20(21)22-14-18-8-4-5-9-19(18)24(22)25/h4-14H,1-3H3. The van der Waals surface area contributed by atoms with Crippen LogP contribution < -0.4 is 0 Å². The Morgan fingerprint density at radius 2 is 1.20 bits per heavy atom. The highest BCUT2D eigenvalue weighted by Gasteiger charge is 2.33. The van der Waals surface area contributed by atoms with Gasteiger partial charge in [0.1, 0.15) is 0 Å². The fourth-order valence-corrected chi connectivity index (χ4v) is 4.61. The van der Waals surface area contributed by atoms with Crippen LogP contribution in [0.2, 0.25) is 0 Å². The summed E-state index contributed by atoms with van der Waals surface area (Å²) in [5.41, 5.74) is 15.1. The average Bonchev–Trinajstić information content (AvgIpc) is 3.10. The molecule has 0 spiro atoms. The van der Waals surface area contributed by atoms with Crippen molar-refractivity contribution >= 4 is 22.8 Å². The maximum absolute atomic E-state index is 2.36. The van der Waals surface area contributed by atoms with Gasteiger partial charge in [-0.2, -0.15) is 0 Å². The predicted octanol–water partition coefficient (Wildman–Crippen LogP) is 6.44. The second-order valence-electron chi connectivity index (χ2n) is 7.21. The van der Waals surface area contributed by atoms with Gasteiger partial charge in [-0.25, -0.2) is 0 Å². The second-order valence-corrected chi connectivity index (χ2v) is 7.21. The molecule has 0 unspecified atom stereocenters. The van der Waals surface area contributed by atoms with Crippen molar-refractivity contribution in [1.29, 1.82) is 0 Å². The summed E-state index contributed by atoms with van der Waals surface area (Å²) in [7, 11) is 0. The number of allylic oxidation sites excluding steroid dienone is 2. The highest BCUT2D eigenvalue weighted by molar-refractivity contribution is 6.31. The zero-order chi connectivity index (χ0) is 17.1. The Hall–Kier alpha value is -2.86. The monoisotopic (exact) mass is 320 g/mol. The summed E-state index contributed by atoms with van der Waals surface area (Å²) in [5, 5.41) is 0. The van der Waals surface area contributed by atoms with Crippen LogP contribution >= 0.6 is 0 Å². The molecule has 0 atom stereocenters. The van der Waals surface area contributed by atoms with Crippen LogP contribution in [0.3, 0.4) is 0 Å². The Morgan fingerprint density at radius 1 is 0.600 bits per heavy atom. The van der Waals surface area contributed by atoms with E-state index in [2.05, 4.69) is 87.5 Å². The van der Waals surface area contributed by atoms with Crippen molar-refractivity contribution in [3.8, 4) is 0 Å². The molecule has 0 fully saturated rings. The molecule has 0 radical (unpaired) electrons. The highest BCUT2D eigenvalue weighted by atomic mass is 14.4. The molecule has 0 N–H and O–H groups in total. The fourth-order valence-electron chi connectivity index (χ4n) is 4.61. The first kappa shape index (κ1) is 14.5. The summed E-state index contributed by atoms with van der Waals surface area (Å²) in [6, 6.07) is 22.2. The summed E-state index contributed by atoms with van der Waals surface area (Å²) < 4.78 is 0. The van der Waals surface area contributed by atoms with Crippen LogP contribution in [0, 0.1) is 20.8 Å². The molecule has 0 heterocycles. The normalized spacial score (nSPS) is 14.3. The lowest BCUT2D eigenvalue weighted by Gasteiger charge is -2.16. The van der Waals surface area contributed by atoms with Gasteiger partial charge in [0, 0.05) is 0 Å². The number of fused-ring (bicyclic) bond motifs is 5. The van der Waals surface area contributed by atoms with Crippen molar-refractivity contribution in [3.05, 3.63) is 105 Å². The molecule has 3 aromatic carbocycles. The van der Waals surface area contributed by atoms with Gasteiger partial charge in [-0.1, -0.05) is 66.2 Å². The summed E-state index contributed by atoms with van der Waals surface area (Å²) in [4.78, 5) is 0. The summed E-state index contributed by atoms with van der Waals surface area (Å²) in [6.07, 6.45) is 2.36. The van der Waals surface area contributed by atoms with E-state index in [-0.39, 0.29) is 0 Å². The minimum atomic E-state index is 1.33. The van der Waals surface area contributed by atoms with Crippen LogP contribution in [0.1, 0.15) is 44.5 Å². The molecule has 0 bridgehead atoms. The van der Waals surface area contributed by atoms with Crippen molar-refractivity contribution in [2.75, 3.05) is 0 Å². The number of benzene rings is 3. The van der Waals surface area contributed by atoms with E-state index in [0.29, 0.717) is 0 Å². The maximum atomic E-state index is 2.36. The lowest BCUT2D eigenvalue weighted by molar-refractivity contribution is 1.29. The Balaban J connectivity index is 1.92. The summed E-state index contributed by atoms with van der Waals surface area (Å²) >= 11 is 0. The molecule has 0 aromatic heterocycles. The Labute approximate surface area is 149 Å². The first-order valence-electron chi connectivity index (χ1n) is 8.89. The molecule has 2 aliphatic carbocycles. The van der Waals surface area contributed by atoms with Crippen LogP contribution in [0.25, 0.3) is 22.8 Å². The number of rotatable bonds is 1. The van der Waals surface area contributed by atoms with Crippen LogP contribution in [-0.4, -0.2) is 0 Å². The fraction of sp³-hybridized carbons (Fsp3) is 0.120. The quantitative estimate of drug-likeness (QED) is 0.484. The van der Waals surface area contributed by atoms with Crippen molar-refractivity contribution in [3.63, 3.8) is 0 Å². The van der Waals surface area contributed by atoms with E-state index >= 15 is 0 Å². The molecule has 0 saturated heterocycles. The van der Waals surface area contributed by atoms with Crippen molar-refractivity contribution in [2.24, 2.45) is 0 Å². The smallest absolute Gasteiger partial charge is 0.00139 e. The van der Waals surface area contributed by atoms with Gasteiger partial charge >= 0.3 is 0 Å². The van der Waals surface area contributed by atoms with E-state index in [1.807, 2.05) is 0 Å². The van der Waals surface area contributed by atoms with Gasteiger partial charge in [0.2, 0.25) is 0 Å². The topological polar surface area (TPSA) is 0 Å². The molecular weight excluding hydrogens is 300 g/mol. The van der Waals surface area contributed by atoms with E-state index in [4.69, 9.17) is 0 Å². The number of hydrogen-bond acceptors (Lipinski definition) is 0. The lowest BCUT2D eigenvalue weighted by Crippen LogP contribution is -1.97. The molecule has 0 nitrogen and oxygen atoms in total. The van der Waals surface area contributed by atoms with Gasteiger partial charge in [-0.3, -0.25) is 0 Å². The van der Waals surface area contributed by atoms with E-state index < -0.39 is 0 Å². The van der Waals surface area contributed by atoms with E-state index in [1.165, 1.54) is 61.2 Å². The van der Waals surface area contributed by atoms with Crippen molar-refractivity contribution < 1.29 is 0 Å². The number of hydrogen-bond donors (Lipinski definition) is 0. The minimum Gasteiger partial charge on any atom is -0.0616 e. The molecule has 0 saturated carbocycles. The molecule has 5 rings (SSSR count). The molecule has 0 amide bonds. The predicted molar refractivity (Wildman–Crippen MR) is 107 cm³/mol. The Bertz CT molecular complexity index is 1080. The molecule has 2 aliphatic rings. The first-order valence-corrected chi connectivity index (χ1v) is 8.89. The zero-order valence-corrected chi connectivity index (χ0v) is 14.9. The first-order chi connectivity index (χ1) is 12.1. The number of aryl methyl sites for hydroxylation is 3. The summed E-state index contributed by atoms with van der Waals surface area (Å²) in [6.45, 7) is 6.67. The minimum absolute atomic E-state index is 1.33. The molecule has 0 heteroatoms. The highest BCUT2D eigenvalue weighted by Crippen LogP contribution is 2.54. The van der Waals surface area contributed by atoms with Gasteiger partial charge in [0.05, 0.1) is 0 Å². The van der Waals surface area contributed by atoms with Gasteiger partial charge in [-0.15, -0.1) is 0 Å².